The van der Waals surface area contributed by atoms with Crippen LogP contribution in [0.5, 0.6) is 5.88 Å². The van der Waals surface area contributed by atoms with Gasteiger partial charge in [0.1, 0.15) is 5.56 Å². The topological polar surface area (TPSA) is 116 Å². The van der Waals surface area contributed by atoms with E-state index in [-0.39, 0.29) is 22.2 Å². The third kappa shape index (κ3) is 4.64. The van der Waals surface area contributed by atoms with Gasteiger partial charge in [-0.15, -0.1) is 0 Å². The first-order valence-corrected chi connectivity index (χ1v) is 10.9. The molecule has 0 aliphatic rings. The van der Waals surface area contributed by atoms with Crippen molar-refractivity contribution < 1.29 is 14.3 Å². The summed E-state index contributed by atoms with van der Waals surface area (Å²) >= 11 is 13.4. The van der Waals surface area contributed by atoms with Crippen molar-refractivity contribution in [3.05, 3.63) is 86.5 Å². The Hall–Kier alpha value is -4.08. The Morgan fingerprint density at radius 1 is 1.06 bits per heavy atom. The van der Waals surface area contributed by atoms with Crippen LogP contribution in [-0.4, -0.2) is 39.1 Å². The molecular formula is C24H17Cl2N5O4. The molecule has 0 atom stereocenters. The number of anilines is 1. The van der Waals surface area contributed by atoms with Crippen LogP contribution in [0.2, 0.25) is 10.0 Å². The van der Waals surface area contributed by atoms with Crippen LogP contribution in [0.1, 0.15) is 20.8 Å². The highest BCUT2D eigenvalue weighted by atomic mass is 35.5. The zero-order valence-corrected chi connectivity index (χ0v) is 20.0. The smallest absolute Gasteiger partial charge is 0.279 e. The van der Waals surface area contributed by atoms with Crippen LogP contribution in [0, 0.1) is 0 Å². The molecule has 0 saturated carbocycles. The lowest BCUT2D eigenvalue weighted by atomic mass is 10.0. The van der Waals surface area contributed by atoms with Crippen LogP contribution < -0.4 is 15.6 Å². The van der Waals surface area contributed by atoms with Crippen molar-refractivity contribution in [3.63, 3.8) is 0 Å². The first-order chi connectivity index (χ1) is 16.8. The van der Waals surface area contributed by atoms with Gasteiger partial charge < -0.3 is 10.1 Å². The van der Waals surface area contributed by atoms with Gasteiger partial charge in [0.05, 0.1) is 34.7 Å². The maximum Gasteiger partial charge on any atom is 0.279 e. The number of amides is 1. The van der Waals surface area contributed by atoms with Gasteiger partial charge >= 0.3 is 0 Å². The molecule has 0 aliphatic carbocycles. The van der Waals surface area contributed by atoms with Gasteiger partial charge in [-0.25, -0.2) is 14.6 Å². The SMILES string of the molecule is COc1nc(-c2cccc(-c3cccc(NC(=O)c4ccnn(C)c4=O)c3Cl)c2Cl)cnc1C=O. The Bertz CT molecular complexity index is 1520. The Morgan fingerprint density at radius 3 is 2.46 bits per heavy atom. The third-order valence-corrected chi connectivity index (χ3v) is 5.95. The van der Waals surface area contributed by atoms with Crippen molar-refractivity contribution in [2.24, 2.45) is 7.05 Å². The molecule has 0 saturated heterocycles. The van der Waals surface area contributed by atoms with E-state index in [4.69, 9.17) is 27.9 Å². The van der Waals surface area contributed by atoms with E-state index in [0.717, 1.165) is 4.68 Å². The minimum absolute atomic E-state index is 0.0686. The zero-order chi connectivity index (χ0) is 25.1. The Labute approximate surface area is 209 Å². The van der Waals surface area contributed by atoms with E-state index in [2.05, 4.69) is 20.4 Å². The average Bonchev–Trinajstić information content (AvgIpc) is 2.87. The maximum absolute atomic E-state index is 12.7. The van der Waals surface area contributed by atoms with Crippen LogP contribution >= 0.6 is 23.2 Å². The lowest BCUT2D eigenvalue weighted by molar-refractivity contribution is 0.102. The van der Waals surface area contributed by atoms with E-state index >= 15 is 0 Å². The van der Waals surface area contributed by atoms with Crippen LogP contribution in [-0.2, 0) is 7.05 Å². The fourth-order valence-electron chi connectivity index (χ4n) is 3.38. The van der Waals surface area contributed by atoms with Crippen molar-refractivity contribution in [3.8, 4) is 28.3 Å². The van der Waals surface area contributed by atoms with Crippen molar-refractivity contribution >= 4 is 41.1 Å². The quantitative estimate of drug-likeness (QED) is 0.385. The number of ether oxygens (including phenoxy) is 1. The fraction of sp³-hybridized carbons (Fsp3) is 0.0833. The van der Waals surface area contributed by atoms with Crippen molar-refractivity contribution in [1.29, 1.82) is 0 Å². The summed E-state index contributed by atoms with van der Waals surface area (Å²) in [6.45, 7) is 0. The second-order valence-electron chi connectivity index (χ2n) is 7.23. The van der Waals surface area contributed by atoms with Crippen LogP contribution in [0.15, 0.2) is 59.7 Å². The van der Waals surface area contributed by atoms with Gasteiger partial charge in [-0.2, -0.15) is 5.10 Å². The van der Waals surface area contributed by atoms with E-state index in [9.17, 15) is 14.4 Å². The molecule has 0 bridgehead atoms. The molecule has 4 aromatic rings. The maximum atomic E-state index is 12.7. The number of carbonyl (C=O) groups is 2. The standard InChI is InChI=1S/C24H17Cl2N5O4/c1-31-24(34)16(9-10-28-31)22(33)29-17-8-4-6-14(21(17)26)13-5-3-7-15(20(13)25)18-11-27-19(12-32)23(30-18)35-2/h3-12H,1-2H3,(H,29,33). The fourth-order valence-corrected chi connectivity index (χ4v) is 3.98. The predicted molar refractivity (Wildman–Crippen MR) is 132 cm³/mol. The molecule has 9 nitrogen and oxygen atoms in total. The van der Waals surface area contributed by atoms with E-state index in [1.807, 2.05) is 0 Å². The summed E-state index contributed by atoms with van der Waals surface area (Å²) in [6, 6.07) is 11.7. The average molecular weight is 510 g/mol. The summed E-state index contributed by atoms with van der Waals surface area (Å²) in [5.41, 5.74) is 1.81. The molecule has 35 heavy (non-hydrogen) atoms. The summed E-state index contributed by atoms with van der Waals surface area (Å²) < 4.78 is 6.21. The number of carbonyl (C=O) groups excluding carboxylic acids is 2. The second-order valence-corrected chi connectivity index (χ2v) is 7.99. The predicted octanol–water partition coefficient (Wildman–Crippen LogP) is 4.28. The molecule has 0 radical (unpaired) electrons. The number of halogens is 2. The number of hydrogen-bond acceptors (Lipinski definition) is 7. The summed E-state index contributed by atoms with van der Waals surface area (Å²) in [5, 5.41) is 7.04. The largest absolute Gasteiger partial charge is 0.479 e. The van der Waals surface area contributed by atoms with Crippen LogP contribution in [0.3, 0.4) is 0 Å². The Morgan fingerprint density at radius 2 is 1.74 bits per heavy atom. The molecule has 0 aliphatic heterocycles. The lowest BCUT2D eigenvalue weighted by Gasteiger charge is -2.14. The number of aryl methyl sites for hydroxylation is 1. The second kappa shape index (κ2) is 10.0. The molecule has 4 rings (SSSR count). The summed E-state index contributed by atoms with van der Waals surface area (Å²) in [5.74, 6) is -0.548. The molecule has 11 heteroatoms. The molecule has 2 heterocycles. The minimum atomic E-state index is -0.621. The van der Waals surface area contributed by atoms with E-state index in [1.54, 1.807) is 36.4 Å². The Kier molecular flexibility index (Phi) is 6.90. The van der Waals surface area contributed by atoms with Gasteiger partial charge in [0, 0.05) is 29.9 Å². The molecule has 176 valence electrons. The number of aldehydes is 1. The van der Waals surface area contributed by atoms with Gasteiger partial charge in [-0.05, 0) is 12.1 Å². The van der Waals surface area contributed by atoms with Gasteiger partial charge in [0.15, 0.2) is 12.0 Å². The number of aromatic nitrogens is 4. The van der Waals surface area contributed by atoms with E-state index in [1.165, 1.54) is 32.6 Å². The first-order valence-electron chi connectivity index (χ1n) is 10.1. The highest BCUT2D eigenvalue weighted by Gasteiger charge is 2.19. The lowest BCUT2D eigenvalue weighted by Crippen LogP contribution is -2.28. The van der Waals surface area contributed by atoms with E-state index < -0.39 is 11.5 Å². The normalized spacial score (nSPS) is 10.6. The third-order valence-electron chi connectivity index (χ3n) is 5.13. The molecule has 1 N–H and O–H groups in total. The number of benzene rings is 2. The number of rotatable bonds is 6. The minimum Gasteiger partial charge on any atom is -0.479 e. The molecular weight excluding hydrogens is 493 g/mol. The van der Waals surface area contributed by atoms with Gasteiger partial charge in [-0.1, -0.05) is 53.5 Å². The number of methoxy groups -OCH3 is 1. The summed E-state index contributed by atoms with van der Waals surface area (Å²) in [7, 11) is 2.84. The monoisotopic (exact) mass is 509 g/mol. The first kappa shape index (κ1) is 24.1. The van der Waals surface area contributed by atoms with Gasteiger partial charge in [-0.3, -0.25) is 14.4 Å². The van der Waals surface area contributed by atoms with Crippen molar-refractivity contribution in [2.45, 2.75) is 0 Å². The van der Waals surface area contributed by atoms with Crippen molar-refractivity contribution in [1.82, 2.24) is 19.7 Å². The molecule has 0 unspecified atom stereocenters. The highest BCUT2D eigenvalue weighted by Crippen LogP contribution is 2.41. The molecule has 1 amide bonds. The zero-order valence-electron chi connectivity index (χ0n) is 18.5. The Balaban J connectivity index is 1.74. The number of nitrogens with zero attached hydrogens (tertiary/aromatic N) is 4. The van der Waals surface area contributed by atoms with Crippen LogP contribution in [0.4, 0.5) is 5.69 Å². The van der Waals surface area contributed by atoms with Crippen molar-refractivity contribution in [2.75, 3.05) is 12.4 Å². The number of hydrogen-bond donors (Lipinski definition) is 1. The summed E-state index contributed by atoms with van der Waals surface area (Å²) in [4.78, 5) is 44.5. The summed E-state index contributed by atoms with van der Waals surface area (Å²) in [6.07, 6.45) is 3.33. The van der Waals surface area contributed by atoms with E-state index in [0.29, 0.717) is 39.4 Å². The highest BCUT2D eigenvalue weighted by molar-refractivity contribution is 6.39. The van der Waals surface area contributed by atoms with Gasteiger partial charge in [0.2, 0.25) is 5.88 Å². The number of nitrogens with one attached hydrogen (secondary N) is 1. The molecule has 0 fully saturated rings. The molecule has 2 aromatic heterocycles. The van der Waals surface area contributed by atoms with Crippen LogP contribution in [0.25, 0.3) is 22.4 Å². The van der Waals surface area contributed by atoms with Gasteiger partial charge in [0.25, 0.3) is 11.5 Å². The molecule has 0 spiro atoms. The molecule has 2 aromatic carbocycles.